The van der Waals surface area contributed by atoms with Crippen molar-refractivity contribution in [2.75, 3.05) is 0 Å². The highest BCUT2D eigenvalue weighted by Crippen LogP contribution is 2.49. The van der Waals surface area contributed by atoms with Gasteiger partial charge in [-0.15, -0.1) is 0 Å². The molecule has 0 heterocycles. The van der Waals surface area contributed by atoms with E-state index in [1.165, 1.54) is 37.7 Å². The Bertz CT molecular complexity index is 180. The summed E-state index contributed by atoms with van der Waals surface area (Å²) < 4.78 is 0. The first-order valence-corrected chi connectivity index (χ1v) is 4.19. The van der Waals surface area contributed by atoms with Crippen LogP contribution in [-0.4, -0.2) is 0 Å². The van der Waals surface area contributed by atoms with Crippen LogP contribution in [0.3, 0.4) is 0 Å². The third-order valence-electron chi connectivity index (χ3n) is 3.07. The number of hydrogen-bond acceptors (Lipinski definition) is 0. The van der Waals surface area contributed by atoms with Gasteiger partial charge in [-0.1, -0.05) is 31.6 Å². The molecule has 1 spiro atoms. The average molecular weight is 134 g/mol. The molecule has 2 aliphatic carbocycles. The molecule has 54 valence electrons. The van der Waals surface area contributed by atoms with Gasteiger partial charge in [-0.25, -0.2) is 0 Å². The molecule has 0 heteroatoms. The van der Waals surface area contributed by atoms with Crippen molar-refractivity contribution in [3.05, 3.63) is 24.3 Å². The highest BCUT2D eigenvalue weighted by Gasteiger charge is 2.36. The Morgan fingerprint density at radius 2 is 2.00 bits per heavy atom. The van der Waals surface area contributed by atoms with E-state index >= 15 is 0 Å². The van der Waals surface area contributed by atoms with Gasteiger partial charge in [0.15, 0.2) is 0 Å². The maximum absolute atomic E-state index is 4.10. The lowest BCUT2D eigenvalue weighted by Crippen LogP contribution is -2.12. The standard InChI is InChI=1S/C10H14/c1-9-5-4-8-10(9)6-2-3-7-10/h4-5H,1-3,6-8H2. The molecule has 0 unspecified atom stereocenters. The van der Waals surface area contributed by atoms with Crippen molar-refractivity contribution in [3.8, 4) is 0 Å². The predicted octanol–water partition coefficient (Wildman–Crippen LogP) is 3.06. The monoisotopic (exact) mass is 134 g/mol. The second kappa shape index (κ2) is 1.98. The van der Waals surface area contributed by atoms with Crippen LogP contribution in [0.5, 0.6) is 0 Å². The normalized spacial score (nSPS) is 28.6. The highest BCUT2D eigenvalue weighted by molar-refractivity contribution is 5.31. The van der Waals surface area contributed by atoms with Gasteiger partial charge in [0.2, 0.25) is 0 Å². The number of rotatable bonds is 0. The zero-order valence-electron chi connectivity index (χ0n) is 6.40. The molecule has 0 amide bonds. The summed E-state index contributed by atoms with van der Waals surface area (Å²) in [6.07, 6.45) is 11.4. The first kappa shape index (κ1) is 6.21. The highest BCUT2D eigenvalue weighted by atomic mass is 14.4. The van der Waals surface area contributed by atoms with E-state index in [0.717, 1.165) is 0 Å². The number of hydrogen-bond donors (Lipinski definition) is 0. The second-order valence-electron chi connectivity index (χ2n) is 3.62. The summed E-state index contributed by atoms with van der Waals surface area (Å²) in [5.74, 6) is 0. The van der Waals surface area contributed by atoms with Gasteiger partial charge in [0, 0.05) is 0 Å². The Hall–Kier alpha value is -0.520. The minimum absolute atomic E-state index is 0.542. The van der Waals surface area contributed by atoms with Gasteiger partial charge in [-0.2, -0.15) is 0 Å². The first-order valence-electron chi connectivity index (χ1n) is 4.19. The molecule has 1 fully saturated rings. The lowest BCUT2D eigenvalue weighted by molar-refractivity contribution is 0.398. The van der Waals surface area contributed by atoms with E-state index in [4.69, 9.17) is 0 Å². The smallest absolute Gasteiger partial charge is 0.00184 e. The molecular weight excluding hydrogens is 120 g/mol. The van der Waals surface area contributed by atoms with Crippen LogP contribution in [0.15, 0.2) is 24.3 Å². The molecule has 0 nitrogen and oxygen atoms in total. The quantitative estimate of drug-likeness (QED) is 0.477. The summed E-state index contributed by atoms with van der Waals surface area (Å²) in [6.45, 7) is 4.10. The van der Waals surface area contributed by atoms with Gasteiger partial charge in [0.05, 0.1) is 0 Å². The van der Waals surface area contributed by atoms with E-state index in [-0.39, 0.29) is 0 Å². The molecule has 10 heavy (non-hydrogen) atoms. The molecule has 0 atom stereocenters. The molecule has 0 aromatic carbocycles. The van der Waals surface area contributed by atoms with Gasteiger partial charge >= 0.3 is 0 Å². The van der Waals surface area contributed by atoms with Gasteiger partial charge < -0.3 is 0 Å². The van der Waals surface area contributed by atoms with Gasteiger partial charge in [0.25, 0.3) is 0 Å². The zero-order chi connectivity index (χ0) is 7.03. The SMILES string of the molecule is C=C1C=CCC12CCCC2. The van der Waals surface area contributed by atoms with Crippen molar-refractivity contribution in [1.82, 2.24) is 0 Å². The van der Waals surface area contributed by atoms with Gasteiger partial charge in [0.1, 0.15) is 0 Å². The molecule has 0 bridgehead atoms. The Kier molecular flexibility index (Phi) is 1.23. The molecule has 0 aliphatic heterocycles. The third kappa shape index (κ3) is 0.681. The Morgan fingerprint density at radius 1 is 1.30 bits per heavy atom. The Morgan fingerprint density at radius 3 is 2.50 bits per heavy atom. The van der Waals surface area contributed by atoms with Crippen LogP contribution in [0.2, 0.25) is 0 Å². The molecule has 0 aromatic heterocycles. The molecular formula is C10H14. The molecule has 0 radical (unpaired) electrons. The minimum atomic E-state index is 0.542. The van der Waals surface area contributed by atoms with Crippen molar-refractivity contribution < 1.29 is 0 Å². The first-order chi connectivity index (χ1) is 4.83. The van der Waals surface area contributed by atoms with Crippen LogP contribution in [0.4, 0.5) is 0 Å². The number of allylic oxidation sites excluding steroid dienone is 3. The summed E-state index contributed by atoms with van der Waals surface area (Å²) >= 11 is 0. The van der Waals surface area contributed by atoms with E-state index in [0.29, 0.717) is 5.41 Å². The fraction of sp³-hybridized carbons (Fsp3) is 0.600. The van der Waals surface area contributed by atoms with Crippen LogP contribution >= 0.6 is 0 Å². The van der Waals surface area contributed by atoms with Crippen molar-refractivity contribution in [2.24, 2.45) is 5.41 Å². The molecule has 2 aliphatic rings. The topological polar surface area (TPSA) is 0 Å². The predicted molar refractivity (Wildman–Crippen MR) is 43.8 cm³/mol. The van der Waals surface area contributed by atoms with E-state index in [1.807, 2.05) is 0 Å². The van der Waals surface area contributed by atoms with E-state index in [1.54, 1.807) is 0 Å². The summed E-state index contributed by atoms with van der Waals surface area (Å²) in [5, 5.41) is 0. The zero-order valence-corrected chi connectivity index (χ0v) is 6.40. The van der Waals surface area contributed by atoms with E-state index in [9.17, 15) is 0 Å². The lowest BCUT2D eigenvalue weighted by atomic mass is 9.81. The molecule has 0 aromatic rings. The maximum atomic E-state index is 4.10. The molecule has 2 rings (SSSR count). The summed E-state index contributed by atoms with van der Waals surface area (Å²) in [6, 6.07) is 0. The van der Waals surface area contributed by atoms with Gasteiger partial charge in [-0.05, 0) is 30.3 Å². The van der Waals surface area contributed by atoms with Crippen LogP contribution in [0.25, 0.3) is 0 Å². The van der Waals surface area contributed by atoms with Crippen molar-refractivity contribution in [3.63, 3.8) is 0 Å². The molecule has 1 saturated carbocycles. The van der Waals surface area contributed by atoms with Crippen molar-refractivity contribution in [2.45, 2.75) is 32.1 Å². The van der Waals surface area contributed by atoms with Gasteiger partial charge in [-0.3, -0.25) is 0 Å². The van der Waals surface area contributed by atoms with Crippen LogP contribution in [0.1, 0.15) is 32.1 Å². The van der Waals surface area contributed by atoms with Crippen molar-refractivity contribution in [1.29, 1.82) is 0 Å². The Balaban J connectivity index is 2.23. The lowest BCUT2D eigenvalue weighted by Gasteiger charge is -2.23. The van der Waals surface area contributed by atoms with E-state index in [2.05, 4.69) is 18.7 Å². The van der Waals surface area contributed by atoms with Crippen LogP contribution in [0, 0.1) is 5.41 Å². The summed E-state index contributed by atoms with van der Waals surface area (Å²) in [5.41, 5.74) is 1.94. The van der Waals surface area contributed by atoms with Crippen molar-refractivity contribution >= 4 is 0 Å². The van der Waals surface area contributed by atoms with E-state index < -0.39 is 0 Å². The Labute approximate surface area is 62.6 Å². The average Bonchev–Trinajstić information content (AvgIpc) is 2.48. The second-order valence-corrected chi connectivity index (χ2v) is 3.62. The third-order valence-corrected chi connectivity index (χ3v) is 3.07. The largest absolute Gasteiger partial charge is 0.0953 e. The fourth-order valence-corrected chi connectivity index (χ4v) is 2.31. The van der Waals surface area contributed by atoms with Crippen LogP contribution < -0.4 is 0 Å². The van der Waals surface area contributed by atoms with Crippen LogP contribution in [-0.2, 0) is 0 Å². The minimum Gasteiger partial charge on any atom is -0.0953 e. The maximum Gasteiger partial charge on any atom is -0.00184 e. The summed E-state index contributed by atoms with van der Waals surface area (Å²) in [7, 11) is 0. The molecule has 0 saturated heterocycles. The summed E-state index contributed by atoms with van der Waals surface area (Å²) in [4.78, 5) is 0. The fourth-order valence-electron chi connectivity index (χ4n) is 2.31. The molecule has 0 N–H and O–H groups in total.